The van der Waals surface area contributed by atoms with Crippen LogP contribution in [0.4, 0.5) is 0 Å². The van der Waals surface area contributed by atoms with Crippen molar-refractivity contribution in [3.8, 4) is 5.75 Å². The number of sulfonamides is 1. The third-order valence-electron chi connectivity index (χ3n) is 3.56. The SMILES string of the molecule is COc1cc(CCl)ccc1S(=O)(=O)N(C)CC1CCCO1. The van der Waals surface area contributed by atoms with E-state index in [9.17, 15) is 8.42 Å². The molecule has 1 aromatic carbocycles. The second kappa shape index (κ2) is 6.96. The van der Waals surface area contributed by atoms with Crippen molar-refractivity contribution in [3.05, 3.63) is 23.8 Å². The molecule has 1 saturated heterocycles. The highest BCUT2D eigenvalue weighted by molar-refractivity contribution is 7.89. The molecule has 0 saturated carbocycles. The summed E-state index contributed by atoms with van der Waals surface area (Å²) in [7, 11) is -0.597. The molecule has 118 valence electrons. The second-order valence-electron chi connectivity index (χ2n) is 5.04. The molecule has 1 aromatic rings. The quantitative estimate of drug-likeness (QED) is 0.749. The molecule has 0 aliphatic carbocycles. The van der Waals surface area contributed by atoms with Crippen molar-refractivity contribution in [1.29, 1.82) is 0 Å². The molecule has 0 amide bonds. The monoisotopic (exact) mass is 333 g/mol. The molecular formula is C14H20ClNO4S. The van der Waals surface area contributed by atoms with Gasteiger partial charge in [0.15, 0.2) is 0 Å². The first-order valence-corrected chi connectivity index (χ1v) is 8.77. The Kier molecular flexibility index (Phi) is 5.48. The molecule has 5 nitrogen and oxygen atoms in total. The fraction of sp³-hybridized carbons (Fsp3) is 0.571. The highest BCUT2D eigenvalue weighted by Crippen LogP contribution is 2.28. The van der Waals surface area contributed by atoms with Crippen molar-refractivity contribution in [2.24, 2.45) is 0 Å². The van der Waals surface area contributed by atoms with Gasteiger partial charge in [-0.2, -0.15) is 4.31 Å². The predicted octanol–water partition coefficient (Wildman–Crippen LogP) is 2.23. The van der Waals surface area contributed by atoms with Crippen LogP contribution in [0.3, 0.4) is 0 Å². The molecule has 1 aliphatic heterocycles. The largest absolute Gasteiger partial charge is 0.495 e. The molecule has 1 heterocycles. The Balaban J connectivity index is 2.25. The molecule has 21 heavy (non-hydrogen) atoms. The predicted molar refractivity (Wildman–Crippen MR) is 81.3 cm³/mol. The van der Waals surface area contributed by atoms with E-state index in [4.69, 9.17) is 21.1 Å². The van der Waals surface area contributed by atoms with Crippen LogP contribution in [0.5, 0.6) is 5.75 Å². The van der Waals surface area contributed by atoms with Crippen molar-refractivity contribution in [3.63, 3.8) is 0 Å². The van der Waals surface area contributed by atoms with Crippen LogP contribution in [-0.2, 0) is 20.6 Å². The maximum Gasteiger partial charge on any atom is 0.246 e. The van der Waals surface area contributed by atoms with Crippen LogP contribution in [-0.4, -0.2) is 46.1 Å². The first kappa shape index (κ1) is 16.5. The van der Waals surface area contributed by atoms with E-state index in [0.29, 0.717) is 24.8 Å². The number of hydrogen-bond acceptors (Lipinski definition) is 4. The number of likely N-dealkylation sites (N-methyl/N-ethyl adjacent to an activating group) is 1. The molecule has 1 fully saturated rings. The Morgan fingerprint density at radius 2 is 2.24 bits per heavy atom. The zero-order valence-electron chi connectivity index (χ0n) is 12.2. The standard InChI is InChI=1S/C14H20ClNO4S/c1-16(10-12-4-3-7-20-12)21(17,18)14-6-5-11(9-15)8-13(14)19-2/h5-6,8,12H,3-4,7,9-10H2,1-2H3. The van der Waals surface area contributed by atoms with Crippen LogP contribution in [0.25, 0.3) is 0 Å². The normalized spacial score (nSPS) is 19.1. The number of ether oxygens (including phenoxy) is 2. The molecule has 1 aliphatic rings. The summed E-state index contributed by atoms with van der Waals surface area (Å²) >= 11 is 5.77. The number of nitrogens with zero attached hydrogens (tertiary/aromatic N) is 1. The van der Waals surface area contributed by atoms with Crippen LogP contribution in [0.15, 0.2) is 23.1 Å². The van der Waals surface area contributed by atoms with E-state index < -0.39 is 10.0 Å². The average Bonchev–Trinajstić information content (AvgIpc) is 2.99. The fourth-order valence-electron chi connectivity index (χ4n) is 2.35. The lowest BCUT2D eigenvalue weighted by atomic mass is 10.2. The van der Waals surface area contributed by atoms with Gasteiger partial charge in [-0.3, -0.25) is 0 Å². The smallest absolute Gasteiger partial charge is 0.246 e. The van der Waals surface area contributed by atoms with Gasteiger partial charge in [0, 0.05) is 26.1 Å². The zero-order valence-corrected chi connectivity index (χ0v) is 13.8. The summed E-state index contributed by atoms with van der Waals surface area (Å²) in [5.74, 6) is 0.620. The lowest BCUT2D eigenvalue weighted by molar-refractivity contribution is 0.0978. The molecule has 0 aromatic heterocycles. The van der Waals surface area contributed by atoms with E-state index in [2.05, 4.69) is 0 Å². The van der Waals surface area contributed by atoms with E-state index in [1.54, 1.807) is 19.2 Å². The molecule has 2 rings (SSSR count). The average molecular weight is 334 g/mol. The highest BCUT2D eigenvalue weighted by atomic mass is 35.5. The van der Waals surface area contributed by atoms with Crippen LogP contribution >= 0.6 is 11.6 Å². The number of hydrogen-bond donors (Lipinski definition) is 0. The zero-order chi connectivity index (χ0) is 15.5. The number of alkyl halides is 1. The third-order valence-corrected chi connectivity index (χ3v) is 5.73. The number of halogens is 1. The maximum atomic E-state index is 12.7. The number of benzene rings is 1. The summed E-state index contributed by atoms with van der Waals surface area (Å²) in [5.41, 5.74) is 0.814. The maximum absolute atomic E-state index is 12.7. The Bertz CT molecular complexity index is 585. The van der Waals surface area contributed by atoms with Gasteiger partial charge in [-0.25, -0.2) is 8.42 Å². The van der Waals surface area contributed by atoms with Crippen LogP contribution in [0, 0.1) is 0 Å². The minimum Gasteiger partial charge on any atom is -0.495 e. The Labute approximate surface area is 130 Å². The van der Waals surface area contributed by atoms with E-state index in [1.165, 1.54) is 17.5 Å². The van der Waals surface area contributed by atoms with Crippen molar-refractivity contribution < 1.29 is 17.9 Å². The Morgan fingerprint density at radius 3 is 2.81 bits per heavy atom. The molecule has 0 bridgehead atoms. The van der Waals surface area contributed by atoms with E-state index in [1.807, 2.05) is 0 Å². The fourth-order valence-corrected chi connectivity index (χ4v) is 3.85. The summed E-state index contributed by atoms with van der Waals surface area (Å²) in [6.07, 6.45) is 1.84. The van der Waals surface area contributed by atoms with Gasteiger partial charge >= 0.3 is 0 Å². The molecule has 7 heteroatoms. The van der Waals surface area contributed by atoms with E-state index >= 15 is 0 Å². The molecular weight excluding hydrogens is 314 g/mol. The summed E-state index contributed by atoms with van der Waals surface area (Å²) < 4.78 is 37.3. The summed E-state index contributed by atoms with van der Waals surface area (Å²) in [6.45, 7) is 1.05. The van der Waals surface area contributed by atoms with Crippen LogP contribution in [0.1, 0.15) is 18.4 Å². The van der Waals surface area contributed by atoms with Gasteiger partial charge in [0.1, 0.15) is 10.6 Å². The van der Waals surface area contributed by atoms with Gasteiger partial charge in [0.25, 0.3) is 0 Å². The van der Waals surface area contributed by atoms with Crippen molar-refractivity contribution in [1.82, 2.24) is 4.31 Å². The first-order valence-electron chi connectivity index (χ1n) is 6.80. The Morgan fingerprint density at radius 1 is 1.48 bits per heavy atom. The minimum absolute atomic E-state index is 0.0297. The van der Waals surface area contributed by atoms with Gasteiger partial charge in [-0.1, -0.05) is 6.07 Å². The summed E-state index contributed by atoms with van der Waals surface area (Å²) in [4.78, 5) is 0.152. The van der Waals surface area contributed by atoms with Gasteiger partial charge in [-0.05, 0) is 30.5 Å². The van der Waals surface area contributed by atoms with Gasteiger partial charge < -0.3 is 9.47 Å². The van der Waals surface area contributed by atoms with Crippen LogP contribution in [0.2, 0.25) is 0 Å². The molecule has 0 N–H and O–H groups in total. The van der Waals surface area contributed by atoms with Crippen molar-refractivity contribution in [2.45, 2.75) is 29.7 Å². The minimum atomic E-state index is -3.61. The Hall–Kier alpha value is -0.820. The third kappa shape index (κ3) is 3.69. The van der Waals surface area contributed by atoms with E-state index in [0.717, 1.165) is 18.4 Å². The van der Waals surface area contributed by atoms with E-state index in [-0.39, 0.29) is 11.0 Å². The number of rotatable bonds is 6. The number of methoxy groups -OCH3 is 1. The second-order valence-corrected chi connectivity index (χ2v) is 7.32. The van der Waals surface area contributed by atoms with Gasteiger partial charge in [0.2, 0.25) is 10.0 Å². The van der Waals surface area contributed by atoms with Gasteiger partial charge in [-0.15, -0.1) is 11.6 Å². The summed E-state index contributed by atoms with van der Waals surface area (Å²) in [5, 5.41) is 0. The first-order chi connectivity index (χ1) is 9.98. The molecule has 1 atom stereocenters. The summed E-state index contributed by atoms with van der Waals surface area (Å²) in [6, 6.07) is 4.89. The molecule has 1 unspecified atom stereocenters. The van der Waals surface area contributed by atoms with Gasteiger partial charge in [0.05, 0.1) is 13.2 Å². The molecule has 0 spiro atoms. The topological polar surface area (TPSA) is 55.8 Å². The lowest BCUT2D eigenvalue weighted by Gasteiger charge is -2.21. The van der Waals surface area contributed by atoms with Crippen molar-refractivity contribution >= 4 is 21.6 Å². The molecule has 0 radical (unpaired) electrons. The van der Waals surface area contributed by atoms with Crippen LogP contribution < -0.4 is 4.74 Å². The van der Waals surface area contributed by atoms with Crippen molar-refractivity contribution in [2.75, 3.05) is 27.3 Å². The lowest BCUT2D eigenvalue weighted by Crippen LogP contribution is -2.34. The highest BCUT2D eigenvalue weighted by Gasteiger charge is 2.28.